The zero-order valence-corrected chi connectivity index (χ0v) is 13.8. The van der Waals surface area contributed by atoms with Crippen LogP contribution in [0.1, 0.15) is 24.8 Å². The van der Waals surface area contributed by atoms with Crippen molar-refractivity contribution in [3.05, 3.63) is 35.9 Å². The number of nitrogens with two attached hydrogens (primary N) is 2. The van der Waals surface area contributed by atoms with Gasteiger partial charge in [-0.1, -0.05) is 42.1 Å². The van der Waals surface area contributed by atoms with Gasteiger partial charge in [0.25, 0.3) is 0 Å². The maximum absolute atomic E-state index is 12.2. The van der Waals surface area contributed by atoms with E-state index in [0.29, 0.717) is 19.4 Å². The topological polar surface area (TPSA) is 98.2 Å². The molecule has 6 heteroatoms. The van der Waals surface area contributed by atoms with Crippen LogP contribution in [0, 0.1) is 0 Å². The zero-order valence-electron chi connectivity index (χ0n) is 13.0. The molecule has 0 radical (unpaired) electrons. The number of carbonyl (C=O) groups excluding carboxylic acids is 2. The molecule has 1 amide bonds. The van der Waals surface area contributed by atoms with Crippen molar-refractivity contribution in [1.82, 2.24) is 5.32 Å². The summed E-state index contributed by atoms with van der Waals surface area (Å²) in [6.07, 6.45) is 4.41. The third-order valence-corrected chi connectivity index (χ3v) is 4.07. The van der Waals surface area contributed by atoms with Crippen LogP contribution in [-0.4, -0.2) is 35.9 Å². The summed E-state index contributed by atoms with van der Waals surface area (Å²) >= 11 is 1.12. The zero-order chi connectivity index (χ0) is 16.4. The summed E-state index contributed by atoms with van der Waals surface area (Å²) in [5, 5.41) is 2.73. The van der Waals surface area contributed by atoms with Crippen LogP contribution < -0.4 is 16.8 Å². The van der Waals surface area contributed by atoms with Gasteiger partial charge < -0.3 is 16.8 Å². The van der Waals surface area contributed by atoms with E-state index in [1.54, 1.807) is 6.26 Å². The highest BCUT2D eigenvalue weighted by atomic mass is 32.2. The molecule has 0 aliphatic carbocycles. The fourth-order valence-corrected chi connectivity index (χ4v) is 2.58. The SMILES string of the molecule is CSC(=O)C(CCCCN)NC(=O)C(N)Cc1ccccc1. The quantitative estimate of drug-likeness (QED) is 0.590. The number of amides is 1. The van der Waals surface area contributed by atoms with E-state index in [1.165, 1.54) is 0 Å². The highest BCUT2D eigenvalue weighted by Gasteiger charge is 2.22. The molecule has 122 valence electrons. The van der Waals surface area contributed by atoms with Crippen molar-refractivity contribution < 1.29 is 9.59 Å². The third kappa shape index (κ3) is 6.60. The molecule has 0 saturated heterocycles. The maximum atomic E-state index is 12.2. The Balaban J connectivity index is 2.55. The molecule has 2 atom stereocenters. The molecule has 2 unspecified atom stereocenters. The molecule has 22 heavy (non-hydrogen) atoms. The van der Waals surface area contributed by atoms with Crippen molar-refractivity contribution in [2.75, 3.05) is 12.8 Å². The lowest BCUT2D eigenvalue weighted by Gasteiger charge is -2.19. The number of hydrogen-bond acceptors (Lipinski definition) is 5. The first-order chi connectivity index (χ1) is 10.6. The fourth-order valence-electron chi connectivity index (χ4n) is 2.12. The number of hydrogen-bond donors (Lipinski definition) is 3. The minimum atomic E-state index is -0.658. The predicted octanol–water partition coefficient (Wildman–Crippen LogP) is 1.06. The van der Waals surface area contributed by atoms with Gasteiger partial charge in [0, 0.05) is 0 Å². The van der Waals surface area contributed by atoms with Crippen LogP contribution in [0.5, 0.6) is 0 Å². The summed E-state index contributed by atoms with van der Waals surface area (Å²) in [6, 6.07) is 8.45. The number of unbranched alkanes of at least 4 members (excludes halogenated alkanes) is 1. The molecular weight excluding hydrogens is 298 g/mol. The molecule has 1 rings (SSSR count). The van der Waals surface area contributed by atoms with Crippen LogP contribution in [0.4, 0.5) is 0 Å². The molecule has 0 aliphatic heterocycles. The molecule has 0 spiro atoms. The molecule has 0 aromatic heterocycles. The van der Waals surface area contributed by atoms with Crippen LogP contribution in [0.25, 0.3) is 0 Å². The van der Waals surface area contributed by atoms with Crippen molar-refractivity contribution in [2.24, 2.45) is 11.5 Å². The van der Waals surface area contributed by atoms with E-state index in [9.17, 15) is 9.59 Å². The number of thioether (sulfide) groups is 1. The van der Waals surface area contributed by atoms with Crippen LogP contribution >= 0.6 is 11.8 Å². The van der Waals surface area contributed by atoms with E-state index in [2.05, 4.69) is 5.32 Å². The van der Waals surface area contributed by atoms with E-state index >= 15 is 0 Å². The Labute approximate surface area is 136 Å². The van der Waals surface area contributed by atoms with Crippen LogP contribution in [-0.2, 0) is 16.0 Å². The summed E-state index contributed by atoms with van der Waals surface area (Å²) in [5.41, 5.74) is 12.4. The molecule has 0 bridgehead atoms. The molecule has 1 aromatic carbocycles. The first-order valence-electron chi connectivity index (χ1n) is 7.46. The van der Waals surface area contributed by atoms with Crippen molar-refractivity contribution in [3.8, 4) is 0 Å². The first-order valence-corrected chi connectivity index (χ1v) is 8.68. The van der Waals surface area contributed by atoms with Gasteiger partial charge in [-0.05, 0) is 44.0 Å². The minimum absolute atomic E-state index is 0.0442. The van der Waals surface area contributed by atoms with Gasteiger partial charge in [0.1, 0.15) is 0 Å². The Morgan fingerprint density at radius 3 is 2.50 bits per heavy atom. The highest BCUT2D eigenvalue weighted by Crippen LogP contribution is 2.09. The van der Waals surface area contributed by atoms with E-state index < -0.39 is 12.1 Å². The van der Waals surface area contributed by atoms with Crippen molar-refractivity contribution in [2.45, 2.75) is 37.8 Å². The van der Waals surface area contributed by atoms with Gasteiger partial charge in [0.05, 0.1) is 12.1 Å². The summed E-state index contributed by atoms with van der Waals surface area (Å²) in [5.74, 6) is -0.288. The lowest BCUT2D eigenvalue weighted by atomic mass is 10.0. The average molecular weight is 323 g/mol. The summed E-state index contributed by atoms with van der Waals surface area (Å²) in [7, 11) is 0. The van der Waals surface area contributed by atoms with Gasteiger partial charge in [-0.2, -0.15) is 0 Å². The predicted molar refractivity (Wildman–Crippen MR) is 91.5 cm³/mol. The Morgan fingerprint density at radius 2 is 1.91 bits per heavy atom. The summed E-state index contributed by atoms with van der Waals surface area (Å²) < 4.78 is 0. The summed E-state index contributed by atoms with van der Waals surface area (Å²) in [4.78, 5) is 24.1. The highest BCUT2D eigenvalue weighted by molar-refractivity contribution is 8.13. The summed E-state index contributed by atoms with van der Waals surface area (Å²) in [6.45, 7) is 0.585. The molecule has 0 aliphatic rings. The van der Waals surface area contributed by atoms with Crippen molar-refractivity contribution in [3.63, 3.8) is 0 Å². The second-order valence-electron chi connectivity index (χ2n) is 5.17. The largest absolute Gasteiger partial charge is 0.344 e. The smallest absolute Gasteiger partial charge is 0.237 e. The van der Waals surface area contributed by atoms with Gasteiger partial charge >= 0.3 is 0 Å². The van der Waals surface area contributed by atoms with Gasteiger partial charge in [-0.3, -0.25) is 9.59 Å². The number of benzene rings is 1. The van der Waals surface area contributed by atoms with Gasteiger partial charge in [0.2, 0.25) is 11.0 Å². The number of rotatable bonds is 9. The molecule has 5 N–H and O–H groups in total. The van der Waals surface area contributed by atoms with Crippen LogP contribution in [0.15, 0.2) is 30.3 Å². The monoisotopic (exact) mass is 323 g/mol. The standard InChI is InChI=1S/C16H25N3O2S/c1-22-16(21)14(9-5-6-10-17)19-15(20)13(18)11-12-7-3-2-4-8-12/h2-4,7-8,13-14H,5-6,9-11,17-18H2,1H3,(H,19,20). The molecule has 0 fully saturated rings. The van der Waals surface area contributed by atoms with E-state index in [0.717, 1.165) is 30.2 Å². The lowest BCUT2D eigenvalue weighted by Crippen LogP contribution is -2.48. The maximum Gasteiger partial charge on any atom is 0.237 e. The fraction of sp³-hybridized carbons (Fsp3) is 0.500. The Kier molecular flexibility index (Phi) is 8.81. The van der Waals surface area contributed by atoms with E-state index in [-0.39, 0.29) is 11.0 Å². The second-order valence-corrected chi connectivity index (χ2v) is 5.98. The van der Waals surface area contributed by atoms with Gasteiger partial charge in [0.15, 0.2) is 0 Å². The van der Waals surface area contributed by atoms with Gasteiger partial charge in [-0.25, -0.2) is 0 Å². The van der Waals surface area contributed by atoms with Gasteiger partial charge in [-0.15, -0.1) is 0 Å². The van der Waals surface area contributed by atoms with E-state index in [1.807, 2.05) is 30.3 Å². The van der Waals surface area contributed by atoms with E-state index in [4.69, 9.17) is 11.5 Å². The Morgan fingerprint density at radius 1 is 1.23 bits per heavy atom. The van der Waals surface area contributed by atoms with Crippen molar-refractivity contribution in [1.29, 1.82) is 0 Å². The lowest BCUT2D eigenvalue weighted by molar-refractivity contribution is -0.125. The second kappa shape index (κ2) is 10.4. The molecule has 0 saturated carbocycles. The molecule has 5 nitrogen and oxygen atoms in total. The molecular formula is C16H25N3O2S. The van der Waals surface area contributed by atoms with Crippen LogP contribution in [0.3, 0.4) is 0 Å². The number of carbonyl (C=O) groups is 2. The number of nitrogens with one attached hydrogen (secondary N) is 1. The minimum Gasteiger partial charge on any atom is -0.344 e. The average Bonchev–Trinajstić information content (AvgIpc) is 2.54. The normalized spacial score (nSPS) is 13.4. The third-order valence-electron chi connectivity index (χ3n) is 3.38. The molecule has 0 heterocycles. The molecule has 1 aromatic rings. The first kappa shape index (κ1) is 18.7. The van der Waals surface area contributed by atoms with Crippen molar-refractivity contribution >= 4 is 22.8 Å². The van der Waals surface area contributed by atoms with Crippen LogP contribution in [0.2, 0.25) is 0 Å². The Hall–Kier alpha value is -1.37. The Bertz CT molecular complexity index is 468.